The predicted molar refractivity (Wildman–Crippen MR) is 54.3 cm³/mol. The summed E-state index contributed by atoms with van der Waals surface area (Å²) >= 11 is 1.45. The predicted octanol–water partition coefficient (Wildman–Crippen LogP) is 0.830. The van der Waals surface area contributed by atoms with Crippen LogP contribution in [0.3, 0.4) is 0 Å². The summed E-state index contributed by atoms with van der Waals surface area (Å²) in [5.41, 5.74) is 6.20. The maximum Gasteiger partial charge on any atom is 0.248 e. The molecule has 14 heavy (non-hydrogen) atoms. The Bertz CT molecular complexity index is 417. The first-order valence-electron chi connectivity index (χ1n) is 4.03. The summed E-state index contributed by atoms with van der Waals surface area (Å²) in [6.07, 6.45) is 0. The van der Waals surface area contributed by atoms with Gasteiger partial charge in [-0.15, -0.1) is 11.8 Å². The molecule has 0 spiro atoms. The largest absolute Gasteiger partial charge is 0.366 e. The van der Waals surface area contributed by atoms with Crippen molar-refractivity contribution in [3.8, 4) is 0 Å². The van der Waals surface area contributed by atoms with Gasteiger partial charge in [-0.25, -0.2) is 0 Å². The van der Waals surface area contributed by atoms with Gasteiger partial charge in [-0.2, -0.15) is 0 Å². The summed E-state index contributed by atoms with van der Waals surface area (Å²) in [7, 11) is 0. The second kappa shape index (κ2) is 3.34. The van der Waals surface area contributed by atoms with Crippen LogP contribution in [-0.4, -0.2) is 17.6 Å². The van der Waals surface area contributed by atoms with Gasteiger partial charge in [0, 0.05) is 10.5 Å². The summed E-state index contributed by atoms with van der Waals surface area (Å²) in [4.78, 5) is 22.9. The molecule has 0 aromatic heterocycles. The Morgan fingerprint density at radius 3 is 3.00 bits per heavy atom. The number of carbonyl (C=O) groups is 2. The van der Waals surface area contributed by atoms with E-state index >= 15 is 0 Å². The molecule has 0 fully saturated rings. The van der Waals surface area contributed by atoms with Gasteiger partial charge in [-0.05, 0) is 18.2 Å². The van der Waals surface area contributed by atoms with Gasteiger partial charge in [0.15, 0.2) is 0 Å². The van der Waals surface area contributed by atoms with Gasteiger partial charge in [0.2, 0.25) is 11.8 Å². The molecule has 0 saturated carbocycles. The van der Waals surface area contributed by atoms with Gasteiger partial charge in [-0.3, -0.25) is 9.59 Å². The van der Waals surface area contributed by atoms with E-state index in [1.54, 1.807) is 18.2 Å². The lowest BCUT2D eigenvalue weighted by Crippen LogP contribution is -2.19. The lowest BCUT2D eigenvalue weighted by molar-refractivity contribution is -0.113. The van der Waals surface area contributed by atoms with Crippen LogP contribution < -0.4 is 11.1 Å². The molecule has 1 aromatic rings. The Kier molecular flexibility index (Phi) is 2.17. The minimum atomic E-state index is -0.488. The molecular formula is C9H8N2O2S. The number of nitrogens with two attached hydrogens (primary N) is 1. The molecule has 72 valence electrons. The van der Waals surface area contributed by atoms with E-state index in [2.05, 4.69) is 5.32 Å². The van der Waals surface area contributed by atoms with E-state index in [4.69, 9.17) is 5.73 Å². The number of carbonyl (C=O) groups excluding carboxylic acids is 2. The topological polar surface area (TPSA) is 72.2 Å². The zero-order valence-corrected chi connectivity index (χ0v) is 8.06. The van der Waals surface area contributed by atoms with Crippen LogP contribution in [0.4, 0.5) is 5.69 Å². The van der Waals surface area contributed by atoms with Gasteiger partial charge >= 0.3 is 0 Å². The number of hydrogen-bond donors (Lipinski definition) is 2. The van der Waals surface area contributed by atoms with Crippen molar-refractivity contribution in [2.75, 3.05) is 11.1 Å². The summed E-state index contributed by atoms with van der Waals surface area (Å²) < 4.78 is 0. The Morgan fingerprint density at radius 2 is 2.29 bits per heavy atom. The molecule has 5 heteroatoms. The molecule has 1 aliphatic heterocycles. The number of anilines is 1. The average molecular weight is 208 g/mol. The highest BCUT2D eigenvalue weighted by Gasteiger charge is 2.16. The van der Waals surface area contributed by atoms with Crippen molar-refractivity contribution in [3.63, 3.8) is 0 Å². The molecule has 4 nitrogen and oxygen atoms in total. The van der Waals surface area contributed by atoms with Gasteiger partial charge in [0.05, 0.1) is 11.4 Å². The highest BCUT2D eigenvalue weighted by Crippen LogP contribution is 2.31. The van der Waals surface area contributed by atoms with Crippen LogP contribution >= 0.6 is 11.8 Å². The molecule has 0 unspecified atom stereocenters. The van der Waals surface area contributed by atoms with E-state index in [0.29, 0.717) is 17.0 Å². The van der Waals surface area contributed by atoms with E-state index in [1.807, 2.05) is 0 Å². The van der Waals surface area contributed by atoms with Gasteiger partial charge in [-0.1, -0.05) is 0 Å². The third-order valence-electron chi connectivity index (χ3n) is 1.90. The van der Waals surface area contributed by atoms with Gasteiger partial charge in [0.1, 0.15) is 0 Å². The molecule has 2 amide bonds. The summed E-state index contributed by atoms with van der Waals surface area (Å²) in [5, 5.41) is 2.69. The molecule has 0 aliphatic carbocycles. The molecule has 1 heterocycles. The van der Waals surface area contributed by atoms with Crippen LogP contribution in [0.15, 0.2) is 23.1 Å². The third-order valence-corrected chi connectivity index (χ3v) is 2.97. The maximum absolute atomic E-state index is 11.1. The quantitative estimate of drug-likeness (QED) is 0.718. The van der Waals surface area contributed by atoms with Crippen molar-refractivity contribution in [2.45, 2.75) is 4.90 Å². The number of thioether (sulfide) groups is 1. The number of nitrogens with one attached hydrogen (secondary N) is 1. The minimum absolute atomic E-state index is 0.0517. The number of amides is 2. The molecule has 0 radical (unpaired) electrons. The summed E-state index contributed by atoms with van der Waals surface area (Å²) in [6, 6.07) is 5.05. The number of hydrogen-bond acceptors (Lipinski definition) is 3. The normalized spacial score (nSPS) is 14.4. The molecule has 3 N–H and O–H groups in total. The van der Waals surface area contributed by atoms with Crippen LogP contribution in [-0.2, 0) is 4.79 Å². The Labute approximate surface area is 84.9 Å². The van der Waals surface area contributed by atoms with E-state index in [1.165, 1.54) is 11.8 Å². The van der Waals surface area contributed by atoms with E-state index in [-0.39, 0.29) is 5.91 Å². The molecule has 1 aromatic carbocycles. The van der Waals surface area contributed by atoms with Crippen molar-refractivity contribution in [2.24, 2.45) is 5.73 Å². The number of primary amides is 1. The Morgan fingerprint density at radius 1 is 1.50 bits per heavy atom. The molecule has 1 aliphatic rings. The van der Waals surface area contributed by atoms with E-state index in [0.717, 1.165) is 4.90 Å². The number of benzene rings is 1. The molecular weight excluding hydrogens is 200 g/mol. The van der Waals surface area contributed by atoms with Crippen LogP contribution in [0, 0.1) is 0 Å². The van der Waals surface area contributed by atoms with Crippen molar-refractivity contribution >= 4 is 29.3 Å². The van der Waals surface area contributed by atoms with Crippen LogP contribution in [0.2, 0.25) is 0 Å². The maximum atomic E-state index is 11.1. The van der Waals surface area contributed by atoms with Gasteiger partial charge in [0.25, 0.3) is 0 Å². The number of rotatable bonds is 1. The fourth-order valence-electron chi connectivity index (χ4n) is 1.24. The molecule has 0 bridgehead atoms. The van der Waals surface area contributed by atoms with E-state index in [9.17, 15) is 9.59 Å². The zero-order chi connectivity index (χ0) is 10.1. The first kappa shape index (κ1) is 9.08. The fraction of sp³-hybridized carbons (Fsp3) is 0.111. The molecule has 0 saturated heterocycles. The fourth-order valence-corrected chi connectivity index (χ4v) is 2.02. The van der Waals surface area contributed by atoms with Crippen molar-refractivity contribution in [1.29, 1.82) is 0 Å². The second-order valence-electron chi connectivity index (χ2n) is 2.91. The smallest absolute Gasteiger partial charge is 0.248 e. The van der Waals surface area contributed by atoms with Crippen LogP contribution in [0.5, 0.6) is 0 Å². The second-order valence-corrected chi connectivity index (χ2v) is 3.93. The monoisotopic (exact) mass is 208 g/mol. The minimum Gasteiger partial charge on any atom is -0.366 e. The number of fused-ring (bicyclic) bond motifs is 1. The standard InChI is InChI=1S/C9H8N2O2S/c10-9(13)5-1-2-7-6(3-5)11-8(12)4-14-7/h1-3H,4H2,(H2,10,13)(H,11,12). The van der Waals surface area contributed by atoms with Gasteiger partial charge < -0.3 is 11.1 Å². The molecule has 0 atom stereocenters. The van der Waals surface area contributed by atoms with Crippen LogP contribution in [0.1, 0.15) is 10.4 Å². The van der Waals surface area contributed by atoms with Crippen LogP contribution in [0.25, 0.3) is 0 Å². The lowest BCUT2D eigenvalue weighted by atomic mass is 10.2. The summed E-state index contributed by atoms with van der Waals surface area (Å²) in [5.74, 6) is -0.120. The Hall–Kier alpha value is -1.49. The Balaban J connectivity index is 2.42. The molecule has 2 rings (SSSR count). The van der Waals surface area contributed by atoms with Crippen molar-refractivity contribution in [1.82, 2.24) is 0 Å². The SMILES string of the molecule is NC(=O)c1ccc2c(c1)NC(=O)CS2. The highest BCUT2D eigenvalue weighted by molar-refractivity contribution is 8.00. The zero-order valence-electron chi connectivity index (χ0n) is 7.24. The first-order valence-corrected chi connectivity index (χ1v) is 5.02. The van der Waals surface area contributed by atoms with Crippen molar-refractivity contribution < 1.29 is 9.59 Å². The highest BCUT2D eigenvalue weighted by atomic mass is 32.2. The lowest BCUT2D eigenvalue weighted by Gasteiger charge is -2.16. The summed E-state index contributed by atoms with van der Waals surface area (Å²) in [6.45, 7) is 0. The van der Waals surface area contributed by atoms with E-state index < -0.39 is 5.91 Å². The van der Waals surface area contributed by atoms with Crippen molar-refractivity contribution in [3.05, 3.63) is 23.8 Å². The average Bonchev–Trinajstić information content (AvgIpc) is 2.16. The third kappa shape index (κ3) is 1.58. The first-order chi connectivity index (χ1) is 6.66.